The molecule has 6 nitrogen and oxygen atoms in total. The Morgan fingerprint density at radius 1 is 1.21 bits per heavy atom. The van der Waals surface area contributed by atoms with Crippen molar-refractivity contribution in [1.82, 2.24) is 9.78 Å². The Morgan fingerprint density at radius 2 is 1.82 bits per heavy atom. The van der Waals surface area contributed by atoms with Crippen LogP contribution in [0.4, 0.5) is 0 Å². The fourth-order valence-electron chi connectivity index (χ4n) is 2.88. The molecule has 0 fully saturated rings. The molecule has 0 aliphatic carbocycles. The van der Waals surface area contributed by atoms with Gasteiger partial charge in [-0.2, -0.15) is 10.4 Å². The van der Waals surface area contributed by atoms with Gasteiger partial charge in [-0.15, -0.1) is 0 Å². The normalized spacial score (nSPS) is 13.4. The van der Waals surface area contributed by atoms with Gasteiger partial charge in [0, 0.05) is 20.9 Å². The lowest BCUT2D eigenvalue weighted by Crippen LogP contribution is -2.17. The molecule has 0 radical (unpaired) electrons. The van der Waals surface area contributed by atoms with Crippen molar-refractivity contribution in [2.45, 2.75) is 53.2 Å². The summed E-state index contributed by atoms with van der Waals surface area (Å²) in [4.78, 5) is 11.3. The van der Waals surface area contributed by atoms with Gasteiger partial charge in [-0.25, -0.2) is 0 Å². The molecule has 1 aromatic heterocycles. The molecule has 0 amide bonds. The average molecular weight is 381 g/mol. The van der Waals surface area contributed by atoms with Crippen LogP contribution in [-0.4, -0.2) is 22.0 Å². The second kappa shape index (κ2) is 8.30. The number of ether oxygens (including phenoxy) is 2. The molecule has 2 rings (SSSR count). The number of esters is 1. The van der Waals surface area contributed by atoms with E-state index in [9.17, 15) is 10.1 Å². The Hall–Kier alpha value is -3.07. The predicted octanol–water partition coefficient (Wildman–Crippen LogP) is 4.34. The Balaban J connectivity index is 2.59. The van der Waals surface area contributed by atoms with Gasteiger partial charge in [-0.3, -0.25) is 9.48 Å². The molecule has 1 aromatic carbocycles. The maximum Gasteiger partial charge on any atom is 0.305 e. The summed E-state index contributed by atoms with van der Waals surface area (Å²) in [6, 6.07) is 11.9. The Bertz CT molecular complexity index is 925. The van der Waals surface area contributed by atoms with E-state index < -0.39 is 12.3 Å². The van der Waals surface area contributed by atoms with Gasteiger partial charge >= 0.3 is 5.97 Å². The first-order valence-electron chi connectivity index (χ1n) is 9.13. The first kappa shape index (κ1) is 21.2. The van der Waals surface area contributed by atoms with E-state index in [4.69, 9.17) is 9.47 Å². The minimum absolute atomic E-state index is 0.0113. The van der Waals surface area contributed by atoms with Crippen LogP contribution >= 0.6 is 0 Å². The van der Waals surface area contributed by atoms with Crippen molar-refractivity contribution in [3.05, 3.63) is 52.8 Å². The first-order valence-corrected chi connectivity index (χ1v) is 9.13. The number of hydrogen-bond acceptors (Lipinski definition) is 5. The summed E-state index contributed by atoms with van der Waals surface area (Å²) in [5.41, 5.74) is 3.67. The van der Waals surface area contributed by atoms with Crippen molar-refractivity contribution in [2.75, 3.05) is 0 Å². The highest BCUT2D eigenvalue weighted by atomic mass is 16.7. The number of allylic oxidation sites excluding steroid dienone is 1. The van der Waals surface area contributed by atoms with E-state index in [1.807, 2.05) is 37.3 Å². The summed E-state index contributed by atoms with van der Waals surface area (Å²) in [5, 5.41) is 14.2. The maximum atomic E-state index is 11.3. The number of nitriles is 1. The van der Waals surface area contributed by atoms with E-state index in [1.165, 1.54) is 12.5 Å². The predicted molar refractivity (Wildman–Crippen MR) is 108 cm³/mol. The lowest BCUT2D eigenvalue weighted by molar-refractivity contribution is -0.161. The van der Waals surface area contributed by atoms with Gasteiger partial charge in [0.05, 0.1) is 5.69 Å². The second-order valence-electron chi connectivity index (χ2n) is 7.73. The molecule has 0 aliphatic rings. The maximum absolute atomic E-state index is 11.3. The minimum atomic E-state index is -0.847. The average Bonchev–Trinajstić information content (AvgIpc) is 2.91. The minimum Gasteiger partial charge on any atom is -0.451 e. The van der Waals surface area contributed by atoms with Crippen molar-refractivity contribution in [3.8, 4) is 6.07 Å². The molecule has 0 spiro atoms. The van der Waals surface area contributed by atoms with Gasteiger partial charge in [0.15, 0.2) is 5.76 Å². The highest BCUT2D eigenvalue weighted by molar-refractivity contribution is 5.94. The van der Waals surface area contributed by atoms with Gasteiger partial charge in [0.2, 0.25) is 6.29 Å². The first-order chi connectivity index (χ1) is 13.0. The van der Waals surface area contributed by atoms with Gasteiger partial charge in [-0.1, -0.05) is 45.0 Å². The molecule has 1 atom stereocenters. The molecule has 0 aliphatic heterocycles. The third-order valence-electron chi connectivity index (χ3n) is 4.23. The van der Waals surface area contributed by atoms with Gasteiger partial charge in [0.1, 0.15) is 17.3 Å². The van der Waals surface area contributed by atoms with Crippen LogP contribution in [0, 0.1) is 18.3 Å². The molecular weight excluding hydrogens is 354 g/mol. The fourth-order valence-corrected chi connectivity index (χ4v) is 2.88. The molecular formula is C22H27N3O3. The largest absolute Gasteiger partial charge is 0.451 e. The van der Waals surface area contributed by atoms with Crippen LogP contribution in [0.15, 0.2) is 30.3 Å². The molecule has 0 saturated carbocycles. The number of carbonyl (C=O) groups excluding carboxylic acids is 1. The van der Waals surface area contributed by atoms with Crippen molar-refractivity contribution < 1.29 is 14.3 Å². The van der Waals surface area contributed by atoms with Gasteiger partial charge < -0.3 is 9.47 Å². The highest BCUT2D eigenvalue weighted by Gasteiger charge is 2.21. The van der Waals surface area contributed by atoms with E-state index in [1.54, 1.807) is 18.7 Å². The van der Waals surface area contributed by atoms with E-state index in [2.05, 4.69) is 31.9 Å². The van der Waals surface area contributed by atoms with Crippen LogP contribution < -0.4 is 0 Å². The zero-order valence-corrected chi connectivity index (χ0v) is 17.5. The van der Waals surface area contributed by atoms with E-state index >= 15 is 0 Å². The summed E-state index contributed by atoms with van der Waals surface area (Å²) in [6.45, 7) is 11.2. The van der Waals surface area contributed by atoms with Gasteiger partial charge in [-0.05, 0) is 29.5 Å². The Labute approximate surface area is 166 Å². The molecule has 28 heavy (non-hydrogen) atoms. The number of benzene rings is 1. The summed E-state index contributed by atoms with van der Waals surface area (Å²) >= 11 is 0. The number of carbonyl (C=O) groups is 1. The molecule has 0 saturated heterocycles. The number of rotatable bonds is 5. The van der Waals surface area contributed by atoms with Crippen LogP contribution in [0.1, 0.15) is 57.1 Å². The van der Waals surface area contributed by atoms with Crippen molar-refractivity contribution in [3.63, 3.8) is 0 Å². The third-order valence-corrected chi connectivity index (χ3v) is 4.23. The highest BCUT2D eigenvalue weighted by Crippen LogP contribution is 2.30. The van der Waals surface area contributed by atoms with Crippen LogP contribution in [-0.2, 0) is 26.7 Å². The monoisotopic (exact) mass is 381 g/mol. The van der Waals surface area contributed by atoms with Crippen LogP contribution in [0.25, 0.3) is 11.3 Å². The molecule has 0 N–H and O–H groups in total. The second-order valence-corrected chi connectivity index (χ2v) is 7.73. The molecule has 0 bridgehead atoms. The van der Waals surface area contributed by atoms with Crippen LogP contribution in [0.5, 0.6) is 0 Å². The SMILES string of the molecule is CC(=O)OC(C)O/C(=C(/C#N)c1ccc(C(C)(C)C)cc1)c1cc(C)nn1C. The molecule has 2 aromatic rings. The quantitative estimate of drug-likeness (QED) is 0.333. The number of nitrogens with zero attached hydrogens (tertiary/aromatic N) is 3. The summed E-state index contributed by atoms with van der Waals surface area (Å²) in [6.07, 6.45) is -0.847. The number of hydrogen-bond donors (Lipinski definition) is 0. The molecule has 148 valence electrons. The van der Waals surface area contributed by atoms with Crippen molar-refractivity contribution in [2.24, 2.45) is 7.05 Å². The number of aromatic nitrogens is 2. The smallest absolute Gasteiger partial charge is 0.305 e. The van der Waals surface area contributed by atoms with Crippen LogP contribution in [0.2, 0.25) is 0 Å². The summed E-state index contributed by atoms with van der Waals surface area (Å²) in [7, 11) is 1.78. The summed E-state index contributed by atoms with van der Waals surface area (Å²) < 4.78 is 12.7. The molecule has 1 heterocycles. The Kier molecular flexibility index (Phi) is 6.30. The zero-order chi connectivity index (χ0) is 21.1. The number of aryl methyl sites for hydroxylation is 2. The fraction of sp³-hybridized carbons (Fsp3) is 0.409. The standard InChI is InChI=1S/C22H27N3O3/c1-14-12-20(25(7)24-14)21(28-16(3)27-15(2)26)19(13-23)17-8-10-18(11-9-17)22(4,5)6/h8-12,16H,1-7H3/b21-19-. The van der Waals surface area contributed by atoms with E-state index in [0.29, 0.717) is 17.0 Å². The zero-order valence-electron chi connectivity index (χ0n) is 17.5. The lowest BCUT2D eigenvalue weighted by Gasteiger charge is -2.20. The topological polar surface area (TPSA) is 77.1 Å². The summed E-state index contributed by atoms with van der Waals surface area (Å²) in [5.74, 6) is -0.135. The lowest BCUT2D eigenvalue weighted by atomic mass is 9.86. The van der Waals surface area contributed by atoms with E-state index in [-0.39, 0.29) is 5.41 Å². The van der Waals surface area contributed by atoms with Crippen molar-refractivity contribution >= 4 is 17.3 Å². The molecule has 6 heteroatoms. The van der Waals surface area contributed by atoms with Crippen molar-refractivity contribution in [1.29, 1.82) is 5.26 Å². The van der Waals surface area contributed by atoms with E-state index in [0.717, 1.165) is 11.3 Å². The van der Waals surface area contributed by atoms with Gasteiger partial charge in [0.25, 0.3) is 0 Å². The Morgan fingerprint density at radius 3 is 2.25 bits per heavy atom. The third kappa shape index (κ3) is 5.01. The molecule has 1 unspecified atom stereocenters. The van der Waals surface area contributed by atoms with Crippen LogP contribution in [0.3, 0.4) is 0 Å².